The van der Waals surface area contributed by atoms with E-state index in [9.17, 15) is 9.90 Å². The molecule has 1 heterocycles. The first-order chi connectivity index (χ1) is 12.6. The summed E-state index contributed by atoms with van der Waals surface area (Å²) in [5, 5.41) is 22.5. The van der Waals surface area contributed by atoms with Gasteiger partial charge in [0.05, 0.1) is 16.7 Å². The molecule has 136 valence electrons. The first kappa shape index (κ1) is 15.9. The van der Waals surface area contributed by atoms with Crippen LogP contribution in [0.5, 0.6) is 0 Å². The van der Waals surface area contributed by atoms with Crippen LogP contribution >= 0.6 is 0 Å². The number of carbonyl (C=O) groups is 1. The molecule has 1 N–H and O–H groups in total. The zero-order valence-corrected chi connectivity index (χ0v) is 14.5. The number of aromatic nitrogens is 4. The molecular formula is C19H22N4O3. The summed E-state index contributed by atoms with van der Waals surface area (Å²) >= 11 is 0. The number of carbonyl (C=O) groups excluding carboxylic acids is 1. The van der Waals surface area contributed by atoms with Crippen LogP contribution in [-0.4, -0.2) is 36.9 Å². The zero-order valence-electron chi connectivity index (χ0n) is 14.5. The van der Waals surface area contributed by atoms with Gasteiger partial charge in [0.25, 0.3) is 0 Å². The minimum Gasteiger partial charge on any atom is -0.457 e. The van der Waals surface area contributed by atoms with Crippen molar-refractivity contribution < 1.29 is 14.6 Å². The van der Waals surface area contributed by atoms with E-state index in [1.807, 2.05) is 30.3 Å². The molecule has 26 heavy (non-hydrogen) atoms. The maximum Gasteiger partial charge on any atom is 0.312 e. The van der Waals surface area contributed by atoms with E-state index in [1.165, 1.54) is 0 Å². The molecule has 0 spiro atoms. The van der Waals surface area contributed by atoms with Gasteiger partial charge in [-0.25, -0.2) is 0 Å². The smallest absolute Gasteiger partial charge is 0.312 e. The van der Waals surface area contributed by atoms with Crippen molar-refractivity contribution in [1.82, 2.24) is 20.2 Å². The monoisotopic (exact) mass is 354 g/mol. The van der Waals surface area contributed by atoms with Crippen LogP contribution in [-0.2, 0) is 16.1 Å². The molecule has 0 unspecified atom stereocenters. The third kappa shape index (κ3) is 2.53. The van der Waals surface area contributed by atoms with Gasteiger partial charge in [0.15, 0.2) is 12.4 Å². The number of rotatable bonds is 4. The predicted octanol–water partition coefficient (Wildman–Crippen LogP) is 2.04. The lowest BCUT2D eigenvalue weighted by molar-refractivity contribution is -0.197. The molecule has 2 aromatic rings. The van der Waals surface area contributed by atoms with Gasteiger partial charge in [-0.1, -0.05) is 18.2 Å². The standard InChI is InChI=1S/C19H22N4O3/c24-17(18-7-13-6-14(8-18)10-19(25,9-13)12-18)26-11-16-20-21-22-23(16)15-4-2-1-3-5-15/h1-5,13-14,25H,6-12H2/t13-,14-,18?,19?/m1/s1. The molecule has 0 saturated heterocycles. The van der Waals surface area contributed by atoms with Crippen LogP contribution in [0, 0.1) is 17.3 Å². The molecular weight excluding hydrogens is 332 g/mol. The van der Waals surface area contributed by atoms with Crippen molar-refractivity contribution in [3.63, 3.8) is 0 Å². The minimum atomic E-state index is -0.672. The van der Waals surface area contributed by atoms with Crippen molar-refractivity contribution in [2.45, 2.75) is 50.7 Å². The number of para-hydroxylation sites is 1. The first-order valence-corrected chi connectivity index (χ1v) is 9.28. The van der Waals surface area contributed by atoms with Crippen LogP contribution in [0.4, 0.5) is 0 Å². The lowest BCUT2D eigenvalue weighted by Crippen LogP contribution is -2.58. The van der Waals surface area contributed by atoms with Gasteiger partial charge < -0.3 is 9.84 Å². The maximum absolute atomic E-state index is 13.0. The molecule has 1 aromatic heterocycles. The van der Waals surface area contributed by atoms with E-state index >= 15 is 0 Å². The summed E-state index contributed by atoms with van der Waals surface area (Å²) in [4.78, 5) is 13.0. The fourth-order valence-electron chi connectivity index (χ4n) is 5.80. The van der Waals surface area contributed by atoms with E-state index in [4.69, 9.17) is 4.74 Å². The fraction of sp³-hybridized carbons (Fsp3) is 0.579. The largest absolute Gasteiger partial charge is 0.457 e. The van der Waals surface area contributed by atoms with Crippen molar-refractivity contribution in [2.24, 2.45) is 17.3 Å². The van der Waals surface area contributed by atoms with E-state index in [-0.39, 0.29) is 12.6 Å². The van der Waals surface area contributed by atoms with Gasteiger partial charge in [-0.3, -0.25) is 4.79 Å². The Morgan fingerprint density at radius 3 is 2.62 bits per heavy atom. The molecule has 4 bridgehead atoms. The number of nitrogens with zero attached hydrogens (tertiary/aromatic N) is 4. The maximum atomic E-state index is 13.0. The average Bonchev–Trinajstić information content (AvgIpc) is 3.07. The van der Waals surface area contributed by atoms with E-state index in [0.717, 1.165) is 37.8 Å². The van der Waals surface area contributed by atoms with Crippen LogP contribution in [0.2, 0.25) is 0 Å². The lowest BCUT2D eigenvalue weighted by atomic mass is 9.48. The number of esters is 1. The quantitative estimate of drug-likeness (QED) is 0.845. The third-order valence-corrected chi connectivity index (χ3v) is 6.33. The minimum absolute atomic E-state index is 0.0379. The molecule has 0 aliphatic heterocycles. The van der Waals surface area contributed by atoms with Gasteiger partial charge in [-0.2, -0.15) is 4.68 Å². The highest BCUT2D eigenvalue weighted by Gasteiger charge is 2.60. The van der Waals surface area contributed by atoms with Gasteiger partial charge in [-0.15, -0.1) is 5.10 Å². The summed E-state index contributed by atoms with van der Waals surface area (Å²) in [5.74, 6) is 1.19. The Labute approximate surface area is 151 Å². The molecule has 0 amide bonds. The van der Waals surface area contributed by atoms with Crippen LogP contribution in [0.25, 0.3) is 5.69 Å². The molecule has 2 atom stereocenters. The summed E-state index contributed by atoms with van der Waals surface area (Å²) in [6.45, 7) is 0.0379. The fourth-order valence-corrected chi connectivity index (χ4v) is 5.80. The van der Waals surface area contributed by atoms with E-state index in [1.54, 1.807) is 4.68 Å². The number of hydrogen-bond acceptors (Lipinski definition) is 6. The molecule has 4 aliphatic rings. The lowest BCUT2D eigenvalue weighted by Gasteiger charge is -2.58. The molecule has 7 nitrogen and oxygen atoms in total. The van der Waals surface area contributed by atoms with Crippen molar-refractivity contribution in [3.05, 3.63) is 36.2 Å². The van der Waals surface area contributed by atoms with Gasteiger partial charge in [0.1, 0.15) is 0 Å². The van der Waals surface area contributed by atoms with Crippen LogP contribution in [0.1, 0.15) is 44.3 Å². The average molecular weight is 354 g/mol. The highest BCUT2D eigenvalue weighted by molar-refractivity contribution is 5.77. The number of benzene rings is 1. The molecule has 4 aliphatic carbocycles. The van der Waals surface area contributed by atoms with Crippen molar-refractivity contribution in [2.75, 3.05) is 0 Å². The van der Waals surface area contributed by atoms with Crippen LogP contribution < -0.4 is 0 Å². The molecule has 7 heteroatoms. The Morgan fingerprint density at radius 2 is 1.92 bits per heavy atom. The van der Waals surface area contributed by atoms with Crippen LogP contribution in [0.15, 0.2) is 30.3 Å². The summed E-state index contributed by atoms with van der Waals surface area (Å²) in [6.07, 6.45) is 5.04. The number of ether oxygens (including phenoxy) is 1. The molecule has 4 fully saturated rings. The topological polar surface area (TPSA) is 90.1 Å². The third-order valence-electron chi connectivity index (χ3n) is 6.33. The van der Waals surface area contributed by atoms with E-state index < -0.39 is 11.0 Å². The van der Waals surface area contributed by atoms with E-state index in [2.05, 4.69) is 15.5 Å². The summed E-state index contributed by atoms with van der Waals surface area (Å²) in [6, 6.07) is 9.53. The molecule has 6 rings (SSSR count). The Kier molecular flexibility index (Phi) is 3.44. The normalized spacial score (nSPS) is 34.8. The van der Waals surface area contributed by atoms with Gasteiger partial charge in [0, 0.05) is 0 Å². The summed E-state index contributed by atoms with van der Waals surface area (Å²) in [7, 11) is 0. The summed E-state index contributed by atoms with van der Waals surface area (Å²) < 4.78 is 7.25. The predicted molar refractivity (Wildman–Crippen MR) is 91.0 cm³/mol. The van der Waals surface area contributed by atoms with Gasteiger partial charge in [-0.05, 0) is 72.9 Å². The highest BCUT2D eigenvalue weighted by atomic mass is 16.5. The molecule has 0 radical (unpaired) electrons. The van der Waals surface area contributed by atoms with Crippen LogP contribution in [0.3, 0.4) is 0 Å². The Morgan fingerprint density at radius 1 is 1.19 bits per heavy atom. The second-order valence-corrected chi connectivity index (χ2v) is 8.38. The van der Waals surface area contributed by atoms with Crippen molar-refractivity contribution >= 4 is 5.97 Å². The second-order valence-electron chi connectivity index (χ2n) is 8.38. The zero-order chi connectivity index (χ0) is 17.8. The highest BCUT2D eigenvalue weighted by Crippen LogP contribution is 2.62. The number of tetrazole rings is 1. The molecule has 1 aromatic carbocycles. The van der Waals surface area contributed by atoms with Crippen molar-refractivity contribution in [1.29, 1.82) is 0 Å². The summed E-state index contributed by atoms with van der Waals surface area (Å²) in [5.41, 5.74) is -0.369. The Hall–Kier alpha value is -2.28. The number of aliphatic hydroxyl groups is 1. The van der Waals surface area contributed by atoms with Crippen molar-refractivity contribution in [3.8, 4) is 5.69 Å². The van der Waals surface area contributed by atoms with Gasteiger partial charge in [0.2, 0.25) is 0 Å². The van der Waals surface area contributed by atoms with E-state index in [0.29, 0.717) is 24.1 Å². The Bertz CT molecular complexity index is 820. The second kappa shape index (κ2) is 5.61. The first-order valence-electron chi connectivity index (χ1n) is 9.28. The SMILES string of the molecule is O=C(OCc1nnnn1-c1ccccc1)C12C[C@H]3C[C@@H](CC(O)(C3)C1)C2. The van der Waals surface area contributed by atoms with Gasteiger partial charge >= 0.3 is 5.97 Å². The Balaban J connectivity index is 1.33. The number of hydrogen-bond donors (Lipinski definition) is 1. The molecule has 4 saturated carbocycles.